The first-order valence-electron chi connectivity index (χ1n) is 8.20. The smallest absolute Gasteiger partial charge is 0.211 e. The van der Waals surface area contributed by atoms with E-state index in [1.165, 1.54) is 6.26 Å². The number of hydrogen-bond acceptors (Lipinski definition) is 4. The largest absolute Gasteiger partial charge is 0.377 e. The number of methoxy groups -OCH3 is 1. The molecule has 1 saturated heterocycles. The normalized spacial score (nSPS) is 18.9. The summed E-state index contributed by atoms with van der Waals surface area (Å²) < 4.78 is 30.0. The third-order valence-corrected chi connectivity index (χ3v) is 5.42. The lowest BCUT2D eigenvalue weighted by Gasteiger charge is -2.30. The number of aliphatic imine (C=N–C) groups is 1. The van der Waals surface area contributed by atoms with E-state index >= 15 is 0 Å². The molecule has 23 heavy (non-hydrogen) atoms. The maximum Gasteiger partial charge on any atom is 0.211 e. The van der Waals surface area contributed by atoms with Gasteiger partial charge in [-0.1, -0.05) is 0 Å². The highest BCUT2D eigenvalue weighted by atomic mass is 32.2. The van der Waals surface area contributed by atoms with Crippen molar-refractivity contribution in [3.8, 4) is 0 Å². The van der Waals surface area contributed by atoms with Gasteiger partial charge in [0, 0.05) is 33.3 Å². The lowest BCUT2D eigenvalue weighted by atomic mass is 9.98. The fourth-order valence-corrected chi connectivity index (χ4v) is 3.24. The molecule has 1 aliphatic rings. The Morgan fingerprint density at radius 1 is 1.30 bits per heavy atom. The number of sulfonamides is 1. The fourth-order valence-electron chi connectivity index (χ4n) is 2.36. The molecule has 0 bridgehead atoms. The molecule has 1 aliphatic heterocycles. The Balaban J connectivity index is 2.46. The summed E-state index contributed by atoms with van der Waals surface area (Å²) in [4.78, 5) is 4.56. The number of nitrogens with zero attached hydrogens (tertiary/aromatic N) is 2. The first-order chi connectivity index (χ1) is 10.7. The molecule has 0 atom stereocenters. The lowest BCUT2D eigenvalue weighted by Crippen LogP contribution is -2.44. The molecule has 2 N–H and O–H groups in total. The predicted molar refractivity (Wildman–Crippen MR) is 94.2 cm³/mol. The van der Waals surface area contributed by atoms with Crippen LogP contribution < -0.4 is 10.6 Å². The molecule has 1 heterocycles. The van der Waals surface area contributed by atoms with Crippen molar-refractivity contribution in [2.45, 2.75) is 39.2 Å². The average molecular weight is 349 g/mol. The molecular weight excluding hydrogens is 316 g/mol. The van der Waals surface area contributed by atoms with Crippen molar-refractivity contribution >= 4 is 16.0 Å². The van der Waals surface area contributed by atoms with Crippen LogP contribution in [0.15, 0.2) is 4.99 Å². The van der Waals surface area contributed by atoms with Crippen molar-refractivity contribution in [2.24, 2.45) is 10.9 Å². The molecule has 1 fully saturated rings. The zero-order valence-electron chi connectivity index (χ0n) is 15.1. The molecule has 0 aromatic heterocycles. The minimum Gasteiger partial charge on any atom is -0.377 e. The van der Waals surface area contributed by atoms with Crippen LogP contribution in [0.25, 0.3) is 0 Å². The van der Waals surface area contributed by atoms with Crippen molar-refractivity contribution in [1.29, 1.82) is 0 Å². The Labute approximate surface area is 140 Å². The van der Waals surface area contributed by atoms with Gasteiger partial charge >= 0.3 is 0 Å². The van der Waals surface area contributed by atoms with Gasteiger partial charge in [-0.25, -0.2) is 12.7 Å². The topological polar surface area (TPSA) is 83.0 Å². The molecular formula is C15H32N4O3S. The molecule has 0 aromatic rings. The minimum atomic E-state index is -3.05. The number of nitrogens with one attached hydrogen (secondary N) is 2. The van der Waals surface area contributed by atoms with Crippen LogP contribution in [0.3, 0.4) is 0 Å². The Kier molecular flexibility index (Phi) is 7.76. The van der Waals surface area contributed by atoms with Crippen LogP contribution in [0, 0.1) is 5.92 Å². The van der Waals surface area contributed by atoms with Crippen molar-refractivity contribution in [3.05, 3.63) is 0 Å². The van der Waals surface area contributed by atoms with Crippen LogP contribution in [-0.4, -0.2) is 70.4 Å². The Bertz CT molecular complexity index is 483. The van der Waals surface area contributed by atoms with Gasteiger partial charge in [0.2, 0.25) is 10.0 Å². The first kappa shape index (κ1) is 20.2. The fraction of sp³-hybridized carbons (Fsp3) is 0.933. The minimum absolute atomic E-state index is 0.289. The second kappa shape index (κ2) is 8.84. The van der Waals surface area contributed by atoms with E-state index in [1.807, 2.05) is 20.8 Å². The highest BCUT2D eigenvalue weighted by Crippen LogP contribution is 2.18. The second-order valence-corrected chi connectivity index (χ2v) is 8.63. The van der Waals surface area contributed by atoms with E-state index in [1.54, 1.807) is 11.4 Å². The third kappa shape index (κ3) is 7.50. The molecule has 0 spiro atoms. The summed E-state index contributed by atoms with van der Waals surface area (Å²) in [6.45, 7) is 9.42. The molecule has 1 rings (SSSR count). The molecule has 0 radical (unpaired) electrons. The molecule has 7 nitrogen and oxygen atoms in total. The van der Waals surface area contributed by atoms with Gasteiger partial charge in [-0.2, -0.15) is 0 Å². The zero-order chi connectivity index (χ0) is 17.5. The molecule has 136 valence electrons. The third-order valence-electron chi connectivity index (χ3n) is 4.12. The van der Waals surface area contributed by atoms with E-state index in [0.717, 1.165) is 31.9 Å². The highest BCUT2D eigenvalue weighted by molar-refractivity contribution is 7.88. The summed E-state index contributed by atoms with van der Waals surface area (Å²) in [5.41, 5.74) is -0.289. The van der Waals surface area contributed by atoms with E-state index in [2.05, 4.69) is 15.6 Å². The van der Waals surface area contributed by atoms with Gasteiger partial charge in [0.25, 0.3) is 0 Å². The van der Waals surface area contributed by atoms with E-state index < -0.39 is 10.0 Å². The highest BCUT2D eigenvalue weighted by Gasteiger charge is 2.25. The Morgan fingerprint density at radius 3 is 2.39 bits per heavy atom. The van der Waals surface area contributed by atoms with Crippen LogP contribution in [-0.2, 0) is 14.8 Å². The summed E-state index contributed by atoms with van der Waals surface area (Å²) in [5, 5.41) is 6.58. The Morgan fingerprint density at radius 2 is 1.91 bits per heavy atom. The molecule has 8 heteroatoms. The van der Waals surface area contributed by atoms with Gasteiger partial charge in [0.15, 0.2) is 5.96 Å². The quantitative estimate of drug-likeness (QED) is 0.521. The number of hydrogen-bond donors (Lipinski definition) is 2. The first-order valence-corrected chi connectivity index (χ1v) is 10.0. The summed E-state index contributed by atoms with van der Waals surface area (Å²) in [6.07, 6.45) is 3.03. The van der Waals surface area contributed by atoms with Crippen molar-refractivity contribution < 1.29 is 13.2 Å². The maximum absolute atomic E-state index is 11.5. The summed E-state index contributed by atoms with van der Waals surface area (Å²) in [6, 6.07) is 0. The van der Waals surface area contributed by atoms with Gasteiger partial charge in [0.1, 0.15) is 0 Å². The Hall–Kier alpha value is -0.860. The van der Waals surface area contributed by atoms with Gasteiger partial charge in [-0.15, -0.1) is 0 Å². The molecule has 0 amide bonds. The van der Waals surface area contributed by atoms with Crippen molar-refractivity contribution in [3.63, 3.8) is 0 Å². The van der Waals surface area contributed by atoms with E-state index in [9.17, 15) is 8.42 Å². The van der Waals surface area contributed by atoms with Gasteiger partial charge in [0.05, 0.1) is 18.4 Å². The predicted octanol–water partition coefficient (Wildman–Crippen LogP) is 0.638. The molecule has 0 unspecified atom stereocenters. The van der Waals surface area contributed by atoms with Crippen molar-refractivity contribution in [1.82, 2.24) is 14.9 Å². The number of guanidine groups is 1. The van der Waals surface area contributed by atoms with Crippen LogP contribution in [0.1, 0.15) is 33.6 Å². The van der Waals surface area contributed by atoms with Crippen LogP contribution in [0.5, 0.6) is 0 Å². The number of rotatable bonds is 7. The lowest BCUT2D eigenvalue weighted by molar-refractivity contribution is 0.0310. The molecule has 0 aliphatic carbocycles. The summed E-state index contributed by atoms with van der Waals surface area (Å²) in [7, 11) is -1.37. The monoisotopic (exact) mass is 348 g/mol. The van der Waals surface area contributed by atoms with Crippen LogP contribution in [0.2, 0.25) is 0 Å². The van der Waals surface area contributed by atoms with E-state index in [-0.39, 0.29) is 5.60 Å². The second-order valence-electron chi connectivity index (χ2n) is 6.65. The zero-order valence-corrected chi connectivity index (χ0v) is 15.9. The maximum atomic E-state index is 11.5. The van der Waals surface area contributed by atoms with E-state index in [0.29, 0.717) is 25.6 Å². The number of ether oxygens (including phenoxy) is 1. The average Bonchev–Trinajstić information content (AvgIpc) is 2.49. The van der Waals surface area contributed by atoms with E-state index in [4.69, 9.17) is 4.74 Å². The van der Waals surface area contributed by atoms with Crippen LogP contribution in [0.4, 0.5) is 0 Å². The summed E-state index contributed by atoms with van der Waals surface area (Å²) in [5.74, 6) is 1.25. The van der Waals surface area contributed by atoms with Gasteiger partial charge in [-0.3, -0.25) is 4.99 Å². The molecule has 0 aromatic carbocycles. The SMILES string of the molecule is CCNC(=NCC(C)(C)OC)NCC1CCN(S(C)(=O)=O)CC1. The number of piperidine rings is 1. The van der Waals surface area contributed by atoms with Gasteiger partial charge < -0.3 is 15.4 Å². The van der Waals surface area contributed by atoms with Crippen molar-refractivity contribution in [2.75, 3.05) is 46.1 Å². The van der Waals surface area contributed by atoms with Crippen LogP contribution >= 0.6 is 0 Å². The standard InChI is InChI=1S/C15H32N4O3S/c1-6-16-14(18-12-15(2,3)22-4)17-11-13-7-9-19(10-8-13)23(5,20)21/h13H,6-12H2,1-5H3,(H2,16,17,18). The summed E-state index contributed by atoms with van der Waals surface area (Å²) >= 11 is 0. The molecule has 0 saturated carbocycles. The van der Waals surface area contributed by atoms with Gasteiger partial charge in [-0.05, 0) is 39.5 Å².